The van der Waals surface area contributed by atoms with E-state index in [2.05, 4.69) is 79.3 Å². The van der Waals surface area contributed by atoms with E-state index in [-0.39, 0.29) is 0 Å². The molecule has 0 aliphatic rings. The molecule has 0 aromatic heterocycles. The minimum Gasteiger partial charge on any atom is -0.298 e. The third-order valence-electron chi connectivity index (χ3n) is 3.70. The Bertz CT molecular complexity index is 668. The molecule has 2 aromatic rings. The molecular weight excluding hydrogens is 266 g/mol. The third kappa shape index (κ3) is 5.06. The molecule has 0 heterocycles. The van der Waals surface area contributed by atoms with E-state index in [1.165, 1.54) is 29.2 Å². The van der Waals surface area contributed by atoms with Gasteiger partial charge >= 0.3 is 0 Å². The van der Waals surface area contributed by atoms with Crippen molar-refractivity contribution in [3.8, 4) is 11.8 Å². The van der Waals surface area contributed by atoms with Gasteiger partial charge in [-0.3, -0.25) is 4.90 Å². The Balaban J connectivity index is 1.89. The first-order chi connectivity index (χ1) is 10.8. The van der Waals surface area contributed by atoms with Crippen LogP contribution in [0.4, 0.5) is 0 Å². The summed E-state index contributed by atoms with van der Waals surface area (Å²) in [4.78, 5) is 2.31. The number of fused-ring (bicyclic) bond motifs is 1. The lowest BCUT2D eigenvalue weighted by atomic mass is 10.0. The lowest BCUT2D eigenvalue weighted by Gasteiger charge is -2.15. The van der Waals surface area contributed by atoms with Crippen molar-refractivity contribution < 1.29 is 0 Å². The number of unbranched alkanes of at least 4 members (excludes halogenated alkanes) is 2. The van der Waals surface area contributed by atoms with Crippen LogP contribution in [0.5, 0.6) is 0 Å². The Kier molecular flexibility index (Phi) is 6.74. The van der Waals surface area contributed by atoms with E-state index >= 15 is 0 Å². The SMILES string of the molecule is CCCCC#C/C=C\CN(C)Cc1cccc2ccccc12. The normalized spacial score (nSPS) is 11.0. The maximum Gasteiger partial charge on any atom is 0.0240 e. The number of likely N-dealkylation sites (N-methyl/N-ethyl adjacent to an activating group) is 1. The van der Waals surface area contributed by atoms with Crippen molar-refractivity contribution in [2.24, 2.45) is 0 Å². The number of allylic oxidation sites excluding steroid dienone is 1. The van der Waals surface area contributed by atoms with Crippen LogP contribution < -0.4 is 0 Å². The summed E-state index contributed by atoms with van der Waals surface area (Å²) in [5.41, 5.74) is 1.38. The van der Waals surface area contributed by atoms with E-state index < -0.39 is 0 Å². The zero-order valence-electron chi connectivity index (χ0n) is 13.7. The third-order valence-corrected chi connectivity index (χ3v) is 3.70. The van der Waals surface area contributed by atoms with Crippen molar-refractivity contribution >= 4 is 10.8 Å². The van der Waals surface area contributed by atoms with Gasteiger partial charge in [0.05, 0.1) is 0 Å². The van der Waals surface area contributed by atoms with Crippen LogP contribution in [0.1, 0.15) is 31.7 Å². The van der Waals surface area contributed by atoms with Gasteiger partial charge in [0.15, 0.2) is 0 Å². The Morgan fingerprint density at radius 2 is 1.91 bits per heavy atom. The maximum atomic E-state index is 3.18. The number of benzene rings is 2. The van der Waals surface area contributed by atoms with E-state index in [0.717, 1.165) is 19.5 Å². The Morgan fingerprint density at radius 3 is 2.77 bits per heavy atom. The molecule has 0 radical (unpaired) electrons. The molecule has 0 atom stereocenters. The lowest BCUT2D eigenvalue weighted by Crippen LogP contribution is -2.17. The second-order valence-electron chi connectivity index (χ2n) is 5.66. The van der Waals surface area contributed by atoms with Gasteiger partial charge in [-0.25, -0.2) is 0 Å². The fourth-order valence-corrected chi connectivity index (χ4v) is 2.47. The molecule has 0 aliphatic heterocycles. The van der Waals surface area contributed by atoms with Crippen LogP contribution in [0, 0.1) is 11.8 Å². The fourth-order valence-electron chi connectivity index (χ4n) is 2.47. The number of hydrogen-bond donors (Lipinski definition) is 0. The second-order valence-corrected chi connectivity index (χ2v) is 5.66. The van der Waals surface area contributed by atoms with Gasteiger partial charge in [0.1, 0.15) is 0 Å². The first-order valence-corrected chi connectivity index (χ1v) is 8.10. The monoisotopic (exact) mass is 291 g/mol. The summed E-state index contributed by atoms with van der Waals surface area (Å²) in [7, 11) is 2.15. The molecule has 0 unspecified atom stereocenters. The molecule has 1 nitrogen and oxygen atoms in total. The molecule has 2 aromatic carbocycles. The van der Waals surface area contributed by atoms with Crippen molar-refractivity contribution in [1.29, 1.82) is 0 Å². The Labute approximate surface area is 134 Å². The minimum absolute atomic E-state index is 0.922. The standard InChI is InChI=1S/C21H25N/c1-3-4-5-6-7-8-11-17-22(2)18-20-15-12-14-19-13-9-10-16-21(19)20/h8-16H,3-5,17-18H2,1-2H3/b11-8-. The van der Waals surface area contributed by atoms with Gasteiger partial charge in [-0.15, -0.1) is 0 Å². The topological polar surface area (TPSA) is 3.24 Å². The molecule has 0 saturated carbocycles. The van der Waals surface area contributed by atoms with E-state index in [9.17, 15) is 0 Å². The molecule has 1 heteroatoms. The average molecular weight is 291 g/mol. The summed E-state index contributed by atoms with van der Waals surface area (Å²) in [6.07, 6.45) is 7.54. The summed E-state index contributed by atoms with van der Waals surface area (Å²) in [5, 5.41) is 2.66. The molecule has 0 N–H and O–H groups in total. The van der Waals surface area contributed by atoms with Crippen LogP contribution in [0.25, 0.3) is 10.8 Å². The van der Waals surface area contributed by atoms with Gasteiger partial charge < -0.3 is 0 Å². The highest BCUT2D eigenvalue weighted by molar-refractivity contribution is 5.85. The van der Waals surface area contributed by atoms with Crippen LogP contribution in [-0.2, 0) is 6.54 Å². The highest BCUT2D eigenvalue weighted by Gasteiger charge is 2.02. The maximum absolute atomic E-state index is 3.18. The molecule has 0 bridgehead atoms. The van der Waals surface area contributed by atoms with Crippen molar-refractivity contribution in [3.05, 3.63) is 60.2 Å². The second kappa shape index (κ2) is 9.07. The van der Waals surface area contributed by atoms with Crippen molar-refractivity contribution in [2.75, 3.05) is 13.6 Å². The summed E-state index contributed by atoms with van der Waals surface area (Å²) >= 11 is 0. The van der Waals surface area contributed by atoms with Crippen molar-refractivity contribution in [3.63, 3.8) is 0 Å². The predicted octanol–water partition coefficient (Wildman–Crippen LogP) is 5.02. The average Bonchev–Trinajstić information content (AvgIpc) is 2.54. The van der Waals surface area contributed by atoms with Crippen molar-refractivity contribution in [1.82, 2.24) is 4.90 Å². The smallest absolute Gasteiger partial charge is 0.0240 e. The van der Waals surface area contributed by atoms with Crippen LogP contribution in [0.15, 0.2) is 54.6 Å². The first kappa shape index (κ1) is 16.3. The summed E-state index contributed by atoms with van der Waals surface area (Å²) in [6, 6.07) is 15.1. The van der Waals surface area contributed by atoms with Crippen LogP contribution >= 0.6 is 0 Å². The van der Waals surface area contributed by atoms with E-state index in [1.807, 2.05) is 6.08 Å². The molecule has 0 aliphatic carbocycles. The largest absolute Gasteiger partial charge is 0.298 e. The van der Waals surface area contributed by atoms with E-state index in [1.54, 1.807) is 0 Å². The molecule has 0 saturated heterocycles. The molecule has 0 amide bonds. The van der Waals surface area contributed by atoms with Gasteiger partial charge in [0, 0.05) is 19.5 Å². The molecule has 2 rings (SSSR count). The van der Waals surface area contributed by atoms with Gasteiger partial charge in [0.25, 0.3) is 0 Å². The molecular formula is C21H25N. The van der Waals surface area contributed by atoms with E-state index in [0.29, 0.717) is 0 Å². The number of nitrogens with zero attached hydrogens (tertiary/aromatic N) is 1. The van der Waals surface area contributed by atoms with Crippen LogP contribution in [0.3, 0.4) is 0 Å². The van der Waals surface area contributed by atoms with Gasteiger partial charge in [0.2, 0.25) is 0 Å². The van der Waals surface area contributed by atoms with Crippen molar-refractivity contribution in [2.45, 2.75) is 32.7 Å². The van der Waals surface area contributed by atoms with Gasteiger partial charge in [-0.2, -0.15) is 0 Å². The van der Waals surface area contributed by atoms with Crippen LogP contribution in [-0.4, -0.2) is 18.5 Å². The Hall–Kier alpha value is -2.04. The quantitative estimate of drug-likeness (QED) is 0.533. The van der Waals surface area contributed by atoms with Gasteiger partial charge in [-0.1, -0.05) is 73.7 Å². The zero-order chi connectivity index (χ0) is 15.6. The molecule has 0 fully saturated rings. The minimum atomic E-state index is 0.922. The zero-order valence-corrected chi connectivity index (χ0v) is 13.7. The summed E-state index contributed by atoms with van der Waals surface area (Å²) in [5.74, 6) is 6.29. The van der Waals surface area contributed by atoms with Gasteiger partial charge in [-0.05, 0) is 35.9 Å². The number of rotatable bonds is 6. The van der Waals surface area contributed by atoms with E-state index in [4.69, 9.17) is 0 Å². The highest BCUT2D eigenvalue weighted by atomic mass is 15.1. The predicted molar refractivity (Wildman–Crippen MR) is 96.7 cm³/mol. The lowest BCUT2D eigenvalue weighted by molar-refractivity contribution is 0.365. The Morgan fingerprint density at radius 1 is 1.09 bits per heavy atom. The molecule has 0 spiro atoms. The molecule has 22 heavy (non-hydrogen) atoms. The summed E-state index contributed by atoms with van der Waals surface area (Å²) in [6.45, 7) is 4.07. The first-order valence-electron chi connectivity index (χ1n) is 8.10. The summed E-state index contributed by atoms with van der Waals surface area (Å²) < 4.78 is 0. The van der Waals surface area contributed by atoms with Crippen LogP contribution in [0.2, 0.25) is 0 Å². The fraction of sp³-hybridized carbons (Fsp3) is 0.333. The molecule has 114 valence electrons. The highest BCUT2D eigenvalue weighted by Crippen LogP contribution is 2.19. The number of hydrogen-bond acceptors (Lipinski definition) is 1.